The molecule has 0 spiro atoms. The van der Waals surface area contributed by atoms with E-state index in [0.717, 1.165) is 5.56 Å². The van der Waals surface area contributed by atoms with Crippen LogP contribution in [0, 0.1) is 6.92 Å². The fourth-order valence-corrected chi connectivity index (χ4v) is 4.59. The van der Waals surface area contributed by atoms with Crippen LogP contribution in [0.3, 0.4) is 0 Å². The molecule has 2 aromatic rings. The topological polar surface area (TPSA) is 104 Å². The molecule has 2 aromatic carbocycles. The molecule has 0 bridgehead atoms. The summed E-state index contributed by atoms with van der Waals surface area (Å²) in [5, 5.41) is 1.87. The van der Waals surface area contributed by atoms with E-state index in [0.29, 0.717) is 11.3 Å². The second-order valence-electron chi connectivity index (χ2n) is 7.98. The van der Waals surface area contributed by atoms with Crippen molar-refractivity contribution in [1.29, 1.82) is 0 Å². The molecule has 34 heavy (non-hydrogen) atoms. The second kappa shape index (κ2) is 10.7. The van der Waals surface area contributed by atoms with Crippen LogP contribution in [0.15, 0.2) is 48.5 Å². The maximum Gasteiger partial charge on any atom is 0.324 e. The van der Waals surface area contributed by atoms with Crippen molar-refractivity contribution in [2.45, 2.75) is 19.9 Å². The van der Waals surface area contributed by atoms with Gasteiger partial charge in [-0.25, -0.2) is 13.2 Å². The number of sulfone groups is 1. The Balaban J connectivity index is 1.74. The highest BCUT2D eigenvalue weighted by atomic mass is 32.2. The zero-order chi connectivity index (χ0) is 24.9. The van der Waals surface area contributed by atoms with Gasteiger partial charge in [0.15, 0.2) is 15.6 Å². The lowest BCUT2D eigenvalue weighted by molar-refractivity contribution is -0.131. The number of ketones is 1. The van der Waals surface area contributed by atoms with E-state index in [1.165, 1.54) is 21.9 Å². The van der Waals surface area contributed by atoms with Crippen LogP contribution in [0.5, 0.6) is 0 Å². The predicted octanol–water partition coefficient (Wildman–Crippen LogP) is 2.42. The fourth-order valence-electron chi connectivity index (χ4n) is 3.39. The zero-order valence-corrected chi connectivity index (χ0v) is 19.4. The number of halogens is 2. The van der Waals surface area contributed by atoms with Crippen LogP contribution in [0.25, 0.3) is 0 Å². The number of alkyl halides is 2. The maximum atomic E-state index is 13.3. The number of benzene rings is 2. The minimum absolute atomic E-state index is 0.0839. The molecule has 11 heteroatoms. The van der Waals surface area contributed by atoms with Crippen molar-refractivity contribution in [3.63, 3.8) is 0 Å². The summed E-state index contributed by atoms with van der Waals surface area (Å²) in [6.45, 7) is 1.77. The van der Waals surface area contributed by atoms with Crippen molar-refractivity contribution in [2.24, 2.45) is 0 Å². The third-order valence-electron chi connectivity index (χ3n) is 5.43. The monoisotopic (exact) mass is 493 g/mol. The minimum Gasteiger partial charge on any atom is -0.344 e. The van der Waals surface area contributed by atoms with Gasteiger partial charge in [0.05, 0.1) is 24.6 Å². The number of amides is 3. The lowest BCUT2D eigenvalue weighted by atomic mass is 10.1. The average molecular weight is 494 g/mol. The molecule has 1 aliphatic rings. The third kappa shape index (κ3) is 6.60. The van der Waals surface area contributed by atoms with Gasteiger partial charge in [0.25, 0.3) is 5.91 Å². The highest BCUT2D eigenvalue weighted by molar-refractivity contribution is 7.91. The van der Waals surface area contributed by atoms with Crippen LogP contribution >= 0.6 is 0 Å². The number of nitrogens with one attached hydrogen (secondary N) is 1. The summed E-state index contributed by atoms with van der Waals surface area (Å²) in [5.41, 5.74) is 2.58. The standard InChI is InChI=1S/C23H25F2N3O5S/c1-16-2-8-19(9-3-16)28(23(31)27-10-12-34(32,33)13-11-27)15-17-4-6-18(7-5-17)20(29)14-26-22(30)21(24)25/h2-9,21H,10-15H2,1H3,(H,26,30). The largest absolute Gasteiger partial charge is 0.344 e. The fraction of sp³-hybridized carbons (Fsp3) is 0.348. The summed E-state index contributed by atoms with van der Waals surface area (Å²) >= 11 is 0. The number of rotatable bonds is 7. The van der Waals surface area contributed by atoms with Crippen molar-refractivity contribution in [3.05, 3.63) is 65.2 Å². The van der Waals surface area contributed by atoms with Crippen molar-refractivity contribution in [3.8, 4) is 0 Å². The summed E-state index contributed by atoms with van der Waals surface area (Å²) < 4.78 is 48.0. The zero-order valence-electron chi connectivity index (χ0n) is 18.5. The van der Waals surface area contributed by atoms with Crippen molar-refractivity contribution < 1.29 is 31.6 Å². The summed E-state index contributed by atoms with van der Waals surface area (Å²) in [5.74, 6) is -2.21. The van der Waals surface area contributed by atoms with Gasteiger partial charge in [-0.15, -0.1) is 0 Å². The molecule has 0 aliphatic carbocycles. The molecule has 1 saturated heterocycles. The first-order valence-corrected chi connectivity index (χ1v) is 12.4. The van der Waals surface area contributed by atoms with Gasteiger partial charge in [0.1, 0.15) is 0 Å². The van der Waals surface area contributed by atoms with Crippen LogP contribution in [-0.2, 0) is 21.2 Å². The van der Waals surface area contributed by atoms with E-state index >= 15 is 0 Å². The maximum absolute atomic E-state index is 13.3. The number of anilines is 1. The van der Waals surface area contributed by atoms with Gasteiger partial charge in [-0.1, -0.05) is 42.0 Å². The van der Waals surface area contributed by atoms with E-state index in [1.54, 1.807) is 24.3 Å². The summed E-state index contributed by atoms with van der Waals surface area (Å²) in [4.78, 5) is 39.4. The highest BCUT2D eigenvalue weighted by Crippen LogP contribution is 2.21. The normalized spacial score (nSPS) is 15.1. The Labute approximate surface area is 196 Å². The van der Waals surface area contributed by atoms with Gasteiger partial charge < -0.3 is 10.2 Å². The van der Waals surface area contributed by atoms with Gasteiger partial charge in [0, 0.05) is 24.3 Å². The highest BCUT2D eigenvalue weighted by Gasteiger charge is 2.29. The molecule has 0 unspecified atom stereocenters. The Bertz CT molecular complexity index is 1140. The van der Waals surface area contributed by atoms with E-state index in [2.05, 4.69) is 0 Å². The number of aryl methyl sites for hydroxylation is 1. The van der Waals surface area contributed by atoms with Gasteiger partial charge in [-0.3, -0.25) is 14.5 Å². The van der Waals surface area contributed by atoms with E-state index < -0.39 is 34.5 Å². The molecule has 0 atom stereocenters. The molecule has 1 heterocycles. The first-order valence-electron chi connectivity index (χ1n) is 10.6. The number of nitrogens with zero attached hydrogens (tertiary/aromatic N) is 2. The SMILES string of the molecule is Cc1ccc(N(Cc2ccc(C(=O)CNC(=O)C(F)F)cc2)C(=O)N2CCS(=O)(=O)CC2)cc1. The quantitative estimate of drug-likeness (QED) is 0.597. The second-order valence-corrected chi connectivity index (χ2v) is 10.3. The Kier molecular flexibility index (Phi) is 7.98. The van der Waals surface area contributed by atoms with Crippen molar-refractivity contribution in [1.82, 2.24) is 10.2 Å². The minimum atomic E-state index is -3.19. The van der Waals surface area contributed by atoms with Gasteiger partial charge in [-0.2, -0.15) is 8.78 Å². The van der Waals surface area contributed by atoms with E-state index in [1.807, 2.05) is 24.4 Å². The number of hydrogen-bond donors (Lipinski definition) is 1. The number of carbonyl (C=O) groups excluding carboxylic acids is 3. The Hall–Kier alpha value is -3.34. The average Bonchev–Trinajstić information content (AvgIpc) is 2.81. The molecule has 0 saturated carbocycles. The summed E-state index contributed by atoms with van der Waals surface area (Å²) in [7, 11) is -3.14. The Morgan fingerprint density at radius 1 is 1.00 bits per heavy atom. The molecule has 3 rings (SSSR count). The van der Waals surface area contributed by atoms with Crippen molar-refractivity contribution in [2.75, 3.05) is 36.0 Å². The molecular weight excluding hydrogens is 468 g/mol. The van der Waals surface area contributed by atoms with Crippen LogP contribution in [0.4, 0.5) is 19.3 Å². The number of carbonyl (C=O) groups is 3. The van der Waals surface area contributed by atoms with E-state index in [9.17, 15) is 31.6 Å². The number of urea groups is 1. The first kappa shape index (κ1) is 25.3. The Morgan fingerprint density at radius 2 is 1.59 bits per heavy atom. The lowest BCUT2D eigenvalue weighted by Crippen LogP contribution is -2.49. The molecule has 8 nitrogen and oxygen atoms in total. The smallest absolute Gasteiger partial charge is 0.324 e. The van der Waals surface area contributed by atoms with Gasteiger partial charge in [-0.05, 0) is 24.6 Å². The predicted molar refractivity (Wildman–Crippen MR) is 123 cm³/mol. The van der Waals surface area contributed by atoms with E-state index in [4.69, 9.17) is 0 Å². The third-order valence-corrected chi connectivity index (χ3v) is 7.04. The van der Waals surface area contributed by atoms with Gasteiger partial charge >= 0.3 is 12.5 Å². The Morgan fingerprint density at radius 3 is 2.15 bits per heavy atom. The molecule has 1 aliphatic heterocycles. The van der Waals surface area contributed by atoms with E-state index in [-0.39, 0.29) is 42.7 Å². The first-order chi connectivity index (χ1) is 16.1. The van der Waals surface area contributed by atoms with Crippen molar-refractivity contribution >= 4 is 33.2 Å². The van der Waals surface area contributed by atoms with Crippen LogP contribution in [0.2, 0.25) is 0 Å². The summed E-state index contributed by atoms with van der Waals surface area (Å²) in [6.07, 6.45) is -3.19. The molecule has 3 amide bonds. The molecule has 1 fully saturated rings. The van der Waals surface area contributed by atoms with Crippen LogP contribution in [-0.4, -0.2) is 68.6 Å². The van der Waals surface area contributed by atoms with Crippen LogP contribution in [0.1, 0.15) is 21.5 Å². The van der Waals surface area contributed by atoms with Gasteiger partial charge in [0.2, 0.25) is 0 Å². The molecule has 182 valence electrons. The molecule has 0 aromatic heterocycles. The molecule has 1 N–H and O–H groups in total. The molecular formula is C23H25F2N3O5S. The summed E-state index contributed by atoms with van der Waals surface area (Å²) in [6, 6.07) is 13.3. The lowest BCUT2D eigenvalue weighted by Gasteiger charge is -2.33. The molecule has 0 radical (unpaired) electrons. The number of Topliss-reactive ketones (excluding diaryl/α,β-unsaturated/α-hetero) is 1. The number of hydrogen-bond acceptors (Lipinski definition) is 5. The van der Waals surface area contributed by atoms with Crippen LogP contribution < -0.4 is 10.2 Å².